The Balaban J connectivity index is 1.36. The van der Waals surface area contributed by atoms with Gasteiger partial charge in [-0.05, 0) is 49.9 Å². The number of hydrogen-bond donors (Lipinski definition) is 1. The number of carbonyl (C=O) groups is 1. The molecule has 2 heterocycles. The van der Waals surface area contributed by atoms with E-state index in [4.69, 9.17) is 0 Å². The molecule has 1 saturated carbocycles. The lowest BCUT2D eigenvalue weighted by Gasteiger charge is -2.13. The molecule has 0 radical (unpaired) electrons. The van der Waals surface area contributed by atoms with Crippen LogP contribution in [-0.4, -0.2) is 31.0 Å². The molecule has 8 heteroatoms. The fourth-order valence-corrected chi connectivity index (χ4v) is 4.97. The maximum absolute atomic E-state index is 13.1. The second kappa shape index (κ2) is 9.80. The Morgan fingerprint density at radius 1 is 1.09 bits per heavy atom. The van der Waals surface area contributed by atoms with E-state index in [2.05, 4.69) is 38.3 Å². The summed E-state index contributed by atoms with van der Waals surface area (Å²) in [6, 6.07) is 22.2. The van der Waals surface area contributed by atoms with Gasteiger partial charge in [0.05, 0.1) is 17.9 Å². The standard InChI is InChI=1S/C27H26N6OS/c1-18-19(2)33(22-11-7-4-8-12-22)26(23(18)15-28)29-24(34)17-35-27-31-30-25(21-13-14-21)32(27)16-20-9-5-3-6-10-20/h3-12,21H,13-14,16-17H2,1-2H3,(H,29,34). The lowest BCUT2D eigenvalue weighted by molar-refractivity contribution is -0.113. The highest BCUT2D eigenvalue weighted by Crippen LogP contribution is 2.40. The number of benzene rings is 2. The molecule has 2 aromatic heterocycles. The van der Waals surface area contributed by atoms with Crippen molar-refractivity contribution in [2.45, 2.75) is 44.3 Å². The van der Waals surface area contributed by atoms with Crippen molar-refractivity contribution in [2.75, 3.05) is 11.1 Å². The van der Waals surface area contributed by atoms with E-state index in [1.165, 1.54) is 17.3 Å². The molecule has 5 rings (SSSR count). The van der Waals surface area contributed by atoms with Gasteiger partial charge in [0.25, 0.3) is 0 Å². The van der Waals surface area contributed by atoms with Crippen LogP contribution in [-0.2, 0) is 11.3 Å². The van der Waals surface area contributed by atoms with Crippen molar-refractivity contribution in [1.82, 2.24) is 19.3 Å². The number of nitrogens with one attached hydrogen (secondary N) is 1. The Labute approximate surface area is 208 Å². The molecule has 4 aromatic rings. The number of carbonyl (C=O) groups excluding carboxylic acids is 1. The maximum Gasteiger partial charge on any atom is 0.236 e. The molecule has 35 heavy (non-hydrogen) atoms. The molecule has 1 aliphatic carbocycles. The summed E-state index contributed by atoms with van der Waals surface area (Å²) < 4.78 is 4.06. The number of hydrogen-bond acceptors (Lipinski definition) is 5. The van der Waals surface area contributed by atoms with Gasteiger partial charge in [0.1, 0.15) is 17.7 Å². The van der Waals surface area contributed by atoms with E-state index in [1.807, 2.05) is 66.9 Å². The minimum atomic E-state index is -0.191. The number of para-hydroxylation sites is 1. The number of nitrogens with zero attached hydrogens (tertiary/aromatic N) is 5. The summed E-state index contributed by atoms with van der Waals surface area (Å²) in [6.45, 7) is 4.54. The van der Waals surface area contributed by atoms with Crippen LogP contribution in [0.5, 0.6) is 0 Å². The van der Waals surface area contributed by atoms with E-state index in [-0.39, 0.29) is 11.7 Å². The first-order chi connectivity index (χ1) is 17.1. The largest absolute Gasteiger partial charge is 0.310 e. The van der Waals surface area contributed by atoms with Gasteiger partial charge in [0.15, 0.2) is 5.16 Å². The van der Waals surface area contributed by atoms with Crippen LogP contribution in [0.4, 0.5) is 5.82 Å². The van der Waals surface area contributed by atoms with Gasteiger partial charge in [-0.1, -0.05) is 60.3 Å². The van der Waals surface area contributed by atoms with Crippen molar-refractivity contribution in [3.05, 3.63) is 88.9 Å². The number of anilines is 1. The Bertz CT molecular complexity index is 1400. The van der Waals surface area contributed by atoms with Gasteiger partial charge in [-0.2, -0.15) is 5.26 Å². The third-order valence-electron chi connectivity index (χ3n) is 6.30. The molecule has 0 unspecified atom stereocenters. The number of nitriles is 1. The van der Waals surface area contributed by atoms with E-state index in [0.717, 1.165) is 40.8 Å². The van der Waals surface area contributed by atoms with E-state index < -0.39 is 0 Å². The van der Waals surface area contributed by atoms with Crippen LogP contribution < -0.4 is 5.32 Å². The third-order valence-corrected chi connectivity index (χ3v) is 7.27. The summed E-state index contributed by atoms with van der Waals surface area (Å²) >= 11 is 1.37. The Morgan fingerprint density at radius 3 is 2.43 bits per heavy atom. The van der Waals surface area contributed by atoms with Crippen molar-refractivity contribution >= 4 is 23.5 Å². The Kier molecular flexibility index (Phi) is 6.43. The Morgan fingerprint density at radius 2 is 1.77 bits per heavy atom. The summed E-state index contributed by atoms with van der Waals surface area (Å²) in [5, 5.41) is 22.4. The van der Waals surface area contributed by atoms with Gasteiger partial charge >= 0.3 is 0 Å². The van der Waals surface area contributed by atoms with Gasteiger partial charge in [-0.15, -0.1) is 10.2 Å². The van der Waals surface area contributed by atoms with Crippen molar-refractivity contribution in [2.24, 2.45) is 0 Å². The molecular formula is C27H26N6OS. The number of thioether (sulfide) groups is 1. The molecule has 0 aliphatic heterocycles. The zero-order valence-electron chi connectivity index (χ0n) is 19.7. The second-order valence-corrected chi connectivity index (χ2v) is 9.68. The van der Waals surface area contributed by atoms with Gasteiger partial charge in [-0.3, -0.25) is 9.36 Å². The zero-order chi connectivity index (χ0) is 24.4. The zero-order valence-corrected chi connectivity index (χ0v) is 20.5. The first-order valence-corrected chi connectivity index (χ1v) is 12.6. The Hall–Kier alpha value is -3.83. The molecule has 7 nitrogen and oxygen atoms in total. The van der Waals surface area contributed by atoms with Crippen LogP contribution in [0, 0.1) is 25.2 Å². The first-order valence-electron chi connectivity index (χ1n) is 11.6. The van der Waals surface area contributed by atoms with Crippen LogP contribution in [0.3, 0.4) is 0 Å². The molecule has 1 N–H and O–H groups in total. The lowest BCUT2D eigenvalue weighted by Crippen LogP contribution is -2.18. The highest BCUT2D eigenvalue weighted by molar-refractivity contribution is 7.99. The quantitative estimate of drug-likeness (QED) is 0.348. The van der Waals surface area contributed by atoms with E-state index in [1.54, 1.807) is 0 Å². The van der Waals surface area contributed by atoms with Gasteiger partial charge in [0, 0.05) is 17.3 Å². The van der Waals surface area contributed by atoms with Crippen LogP contribution in [0.25, 0.3) is 5.69 Å². The molecule has 2 aromatic carbocycles. The lowest BCUT2D eigenvalue weighted by atomic mass is 10.2. The van der Waals surface area contributed by atoms with E-state index >= 15 is 0 Å². The van der Waals surface area contributed by atoms with Crippen LogP contribution in [0.2, 0.25) is 0 Å². The van der Waals surface area contributed by atoms with Crippen molar-refractivity contribution in [3.63, 3.8) is 0 Å². The highest BCUT2D eigenvalue weighted by atomic mass is 32.2. The fourth-order valence-electron chi connectivity index (χ4n) is 4.22. The predicted molar refractivity (Wildman–Crippen MR) is 137 cm³/mol. The van der Waals surface area contributed by atoms with E-state index in [0.29, 0.717) is 23.8 Å². The molecule has 0 spiro atoms. The van der Waals surface area contributed by atoms with Crippen LogP contribution in [0.15, 0.2) is 65.8 Å². The molecule has 176 valence electrons. The number of amides is 1. The van der Waals surface area contributed by atoms with E-state index in [9.17, 15) is 10.1 Å². The molecule has 1 aliphatic rings. The van der Waals surface area contributed by atoms with Crippen molar-refractivity contribution in [1.29, 1.82) is 5.26 Å². The highest BCUT2D eigenvalue weighted by Gasteiger charge is 2.30. The third kappa shape index (κ3) is 4.73. The summed E-state index contributed by atoms with van der Waals surface area (Å²) in [5.74, 6) is 1.92. The van der Waals surface area contributed by atoms with Crippen LogP contribution in [0.1, 0.15) is 47.0 Å². The molecular weight excluding hydrogens is 456 g/mol. The molecule has 0 saturated heterocycles. The maximum atomic E-state index is 13.1. The average molecular weight is 483 g/mol. The van der Waals surface area contributed by atoms with Gasteiger partial charge in [0.2, 0.25) is 5.91 Å². The van der Waals surface area contributed by atoms with Gasteiger partial charge < -0.3 is 9.88 Å². The summed E-state index contributed by atoms with van der Waals surface area (Å²) in [6.07, 6.45) is 2.26. The molecule has 0 bridgehead atoms. The summed E-state index contributed by atoms with van der Waals surface area (Å²) in [7, 11) is 0. The first kappa shape index (κ1) is 22.9. The van der Waals surface area contributed by atoms with Crippen LogP contribution >= 0.6 is 11.8 Å². The minimum Gasteiger partial charge on any atom is -0.310 e. The summed E-state index contributed by atoms with van der Waals surface area (Å²) in [5.41, 5.74) is 4.33. The summed E-state index contributed by atoms with van der Waals surface area (Å²) in [4.78, 5) is 13.1. The SMILES string of the molecule is Cc1c(C#N)c(NC(=O)CSc2nnc(C3CC3)n2Cc2ccccc2)n(-c2ccccc2)c1C. The molecule has 1 amide bonds. The minimum absolute atomic E-state index is 0.167. The average Bonchev–Trinajstić information content (AvgIpc) is 3.60. The van der Waals surface area contributed by atoms with Gasteiger partial charge in [-0.25, -0.2) is 0 Å². The fraction of sp³-hybridized carbons (Fsp3) is 0.259. The predicted octanol–water partition coefficient (Wildman–Crippen LogP) is 5.21. The monoisotopic (exact) mass is 482 g/mol. The second-order valence-electron chi connectivity index (χ2n) is 8.74. The smallest absolute Gasteiger partial charge is 0.236 e. The van der Waals surface area contributed by atoms with Crippen molar-refractivity contribution < 1.29 is 4.79 Å². The number of rotatable bonds is 8. The topological polar surface area (TPSA) is 88.5 Å². The molecule has 0 atom stereocenters. The number of aromatic nitrogens is 4. The molecule has 1 fully saturated rings. The van der Waals surface area contributed by atoms with Crippen molar-refractivity contribution in [3.8, 4) is 11.8 Å². The normalized spacial score (nSPS) is 12.9.